The second kappa shape index (κ2) is 55.9. The van der Waals surface area contributed by atoms with Crippen molar-refractivity contribution in [2.24, 2.45) is 0 Å². The Kier molecular flexibility index (Phi) is 54.5. The number of hydrogen-bond donors (Lipinski definition) is 3. The van der Waals surface area contributed by atoms with Gasteiger partial charge >= 0.3 is 5.97 Å². The zero-order chi connectivity index (χ0) is 47.9. The van der Waals surface area contributed by atoms with E-state index in [9.17, 15) is 19.8 Å². The van der Waals surface area contributed by atoms with E-state index in [1.54, 1.807) is 6.08 Å². The van der Waals surface area contributed by atoms with Gasteiger partial charge in [0.2, 0.25) is 5.91 Å². The molecule has 3 N–H and O–H groups in total. The third-order valence-corrected chi connectivity index (χ3v) is 13.7. The molecular weight excluding hydrogens is 815 g/mol. The summed E-state index contributed by atoms with van der Waals surface area (Å²) in [4.78, 5) is 24.5. The molecule has 0 aromatic rings. The predicted molar refractivity (Wildman–Crippen MR) is 287 cm³/mol. The summed E-state index contributed by atoms with van der Waals surface area (Å²) in [6, 6.07) is -0.643. The SMILES string of the molecule is CCCCCCCCC/C=C\CCCCCCCC(=O)OCCCCCCCCCCCCCC(=O)NC(CO)C(O)/C=C/CCCCCCCCCCCCCCCCCCCCCC. The molecule has 0 heterocycles. The lowest BCUT2D eigenvalue weighted by Crippen LogP contribution is -2.45. The van der Waals surface area contributed by atoms with Crippen molar-refractivity contribution >= 4 is 11.9 Å². The van der Waals surface area contributed by atoms with Gasteiger partial charge in [0.25, 0.3) is 0 Å². The second-order valence-corrected chi connectivity index (χ2v) is 20.3. The number of carbonyl (C=O) groups is 2. The van der Waals surface area contributed by atoms with Crippen molar-refractivity contribution in [3.05, 3.63) is 24.3 Å². The summed E-state index contributed by atoms with van der Waals surface area (Å²) in [7, 11) is 0. The molecule has 390 valence electrons. The molecule has 2 atom stereocenters. The highest BCUT2D eigenvalue weighted by molar-refractivity contribution is 5.76. The summed E-state index contributed by atoms with van der Waals surface area (Å²) in [5.74, 6) is -0.106. The van der Waals surface area contributed by atoms with E-state index in [-0.39, 0.29) is 18.5 Å². The fourth-order valence-electron chi connectivity index (χ4n) is 9.16. The molecule has 0 spiro atoms. The molecule has 6 heteroatoms. The summed E-state index contributed by atoms with van der Waals surface area (Å²) in [6.45, 7) is 4.88. The van der Waals surface area contributed by atoms with Crippen LogP contribution in [0, 0.1) is 0 Å². The van der Waals surface area contributed by atoms with Crippen LogP contribution in [-0.2, 0) is 14.3 Å². The van der Waals surface area contributed by atoms with Crippen molar-refractivity contribution in [3.8, 4) is 0 Å². The average Bonchev–Trinajstić information content (AvgIpc) is 3.32. The number of nitrogens with one attached hydrogen (secondary N) is 1. The van der Waals surface area contributed by atoms with Gasteiger partial charge in [0, 0.05) is 12.8 Å². The van der Waals surface area contributed by atoms with Crippen LogP contribution in [0.15, 0.2) is 24.3 Å². The number of hydrogen-bond acceptors (Lipinski definition) is 5. The lowest BCUT2D eigenvalue weighted by atomic mass is 10.0. The molecule has 0 saturated carbocycles. The fraction of sp³-hybridized carbons (Fsp3) is 0.900. The molecule has 66 heavy (non-hydrogen) atoms. The van der Waals surface area contributed by atoms with Crippen molar-refractivity contribution in [3.63, 3.8) is 0 Å². The standard InChI is InChI=1S/C60H115NO5/c1-3-5-7-9-11-13-15-17-19-21-22-23-24-25-26-27-29-32-36-40-44-48-52-58(63)57(56-62)61-59(64)53-49-45-41-37-33-31-35-39-43-47-51-55-66-60(65)54-50-46-42-38-34-30-28-20-18-16-14-12-10-8-6-4-2/h20,28,48,52,57-58,62-63H,3-19,21-27,29-47,49-51,53-56H2,1-2H3,(H,61,64)/b28-20-,52-48+. The average molecular weight is 931 g/mol. The molecule has 0 aliphatic heterocycles. The number of amides is 1. The van der Waals surface area contributed by atoms with E-state index >= 15 is 0 Å². The summed E-state index contributed by atoms with van der Waals surface area (Å²) in [5.41, 5.74) is 0. The van der Waals surface area contributed by atoms with E-state index in [4.69, 9.17) is 4.74 Å². The van der Waals surface area contributed by atoms with Crippen LogP contribution in [0.3, 0.4) is 0 Å². The van der Waals surface area contributed by atoms with E-state index in [1.807, 2.05) is 6.08 Å². The molecule has 0 fully saturated rings. The van der Waals surface area contributed by atoms with Crippen LogP contribution in [0.1, 0.15) is 322 Å². The van der Waals surface area contributed by atoms with Crippen LogP contribution in [-0.4, -0.2) is 47.4 Å². The first-order valence-electron chi connectivity index (χ1n) is 29.6. The first kappa shape index (κ1) is 64.3. The third kappa shape index (κ3) is 51.7. The molecule has 0 aromatic carbocycles. The lowest BCUT2D eigenvalue weighted by Gasteiger charge is -2.20. The zero-order valence-corrected chi connectivity index (χ0v) is 44.4. The number of allylic oxidation sites excluding steroid dienone is 3. The van der Waals surface area contributed by atoms with Crippen molar-refractivity contribution in [2.75, 3.05) is 13.2 Å². The number of ether oxygens (including phenoxy) is 1. The molecule has 0 bridgehead atoms. The Morgan fingerprint density at radius 2 is 0.712 bits per heavy atom. The monoisotopic (exact) mass is 930 g/mol. The molecular formula is C60H115NO5. The Balaban J connectivity index is 3.49. The molecule has 1 amide bonds. The highest BCUT2D eigenvalue weighted by atomic mass is 16.5. The number of aliphatic hydroxyl groups excluding tert-OH is 2. The van der Waals surface area contributed by atoms with E-state index in [0.717, 1.165) is 57.8 Å². The van der Waals surface area contributed by atoms with Gasteiger partial charge in [-0.05, 0) is 57.8 Å². The van der Waals surface area contributed by atoms with Crippen LogP contribution >= 0.6 is 0 Å². The molecule has 0 aromatic heterocycles. The minimum absolute atomic E-state index is 0.0221. The van der Waals surface area contributed by atoms with E-state index in [2.05, 4.69) is 31.3 Å². The van der Waals surface area contributed by atoms with Gasteiger partial charge in [-0.3, -0.25) is 9.59 Å². The third-order valence-electron chi connectivity index (χ3n) is 13.7. The normalized spacial score (nSPS) is 12.7. The Morgan fingerprint density at radius 3 is 1.08 bits per heavy atom. The number of esters is 1. The van der Waals surface area contributed by atoms with Gasteiger partial charge in [-0.2, -0.15) is 0 Å². The first-order valence-corrected chi connectivity index (χ1v) is 29.6. The highest BCUT2D eigenvalue weighted by Crippen LogP contribution is 2.17. The van der Waals surface area contributed by atoms with Crippen LogP contribution in [0.2, 0.25) is 0 Å². The van der Waals surface area contributed by atoms with Gasteiger partial charge < -0.3 is 20.3 Å². The van der Waals surface area contributed by atoms with E-state index in [0.29, 0.717) is 19.4 Å². The fourth-order valence-corrected chi connectivity index (χ4v) is 9.16. The van der Waals surface area contributed by atoms with E-state index < -0.39 is 12.1 Å². The molecule has 0 radical (unpaired) electrons. The van der Waals surface area contributed by atoms with Crippen LogP contribution in [0.5, 0.6) is 0 Å². The van der Waals surface area contributed by atoms with Crippen molar-refractivity contribution < 1.29 is 24.5 Å². The van der Waals surface area contributed by atoms with Gasteiger partial charge in [-0.1, -0.05) is 276 Å². The number of carbonyl (C=O) groups excluding carboxylic acids is 2. The van der Waals surface area contributed by atoms with Crippen LogP contribution in [0.25, 0.3) is 0 Å². The van der Waals surface area contributed by atoms with Gasteiger partial charge in [-0.15, -0.1) is 0 Å². The summed E-state index contributed by atoms with van der Waals surface area (Å²) < 4.78 is 5.47. The lowest BCUT2D eigenvalue weighted by molar-refractivity contribution is -0.143. The van der Waals surface area contributed by atoms with Gasteiger partial charge in [0.15, 0.2) is 0 Å². The molecule has 0 rings (SSSR count). The molecule has 0 aliphatic carbocycles. The summed E-state index contributed by atoms with van der Waals surface area (Å²) in [6.07, 6.45) is 67.7. The highest BCUT2D eigenvalue weighted by Gasteiger charge is 2.18. The van der Waals surface area contributed by atoms with Gasteiger partial charge in [0.1, 0.15) is 0 Å². The zero-order valence-electron chi connectivity index (χ0n) is 44.4. The molecule has 0 aliphatic rings. The van der Waals surface area contributed by atoms with E-state index in [1.165, 1.54) is 238 Å². The maximum absolute atomic E-state index is 12.5. The molecule has 2 unspecified atom stereocenters. The largest absolute Gasteiger partial charge is 0.466 e. The minimum atomic E-state index is -0.858. The van der Waals surface area contributed by atoms with Crippen LogP contribution in [0.4, 0.5) is 0 Å². The molecule has 0 saturated heterocycles. The smallest absolute Gasteiger partial charge is 0.305 e. The maximum Gasteiger partial charge on any atom is 0.305 e. The Bertz CT molecular complexity index is 1030. The van der Waals surface area contributed by atoms with Crippen molar-refractivity contribution in [1.82, 2.24) is 5.32 Å². The Morgan fingerprint density at radius 1 is 0.409 bits per heavy atom. The maximum atomic E-state index is 12.5. The van der Waals surface area contributed by atoms with Crippen molar-refractivity contribution in [2.45, 2.75) is 334 Å². The summed E-state index contributed by atoms with van der Waals surface area (Å²) in [5, 5.41) is 23.2. The Hall–Kier alpha value is -1.66. The quantitative estimate of drug-likeness (QED) is 0.0321. The number of aliphatic hydroxyl groups is 2. The van der Waals surface area contributed by atoms with Crippen molar-refractivity contribution in [1.29, 1.82) is 0 Å². The summed E-state index contributed by atoms with van der Waals surface area (Å²) >= 11 is 0. The predicted octanol–water partition coefficient (Wildman–Crippen LogP) is 18.2. The second-order valence-electron chi connectivity index (χ2n) is 20.3. The minimum Gasteiger partial charge on any atom is -0.466 e. The number of unbranched alkanes of at least 4 members (excludes halogenated alkanes) is 42. The Labute approximate surface area is 411 Å². The molecule has 6 nitrogen and oxygen atoms in total. The van der Waals surface area contributed by atoms with Gasteiger partial charge in [0.05, 0.1) is 25.4 Å². The van der Waals surface area contributed by atoms with Crippen LogP contribution < -0.4 is 5.32 Å². The number of rotatable bonds is 55. The topological polar surface area (TPSA) is 95.9 Å². The first-order chi connectivity index (χ1) is 32.5. The van der Waals surface area contributed by atoms with Gasteiger partial charge in [-0.25, -0.2) is 0 Å².